The summed E-state index contributed by atoms with van der Waals surface area (Å²) in [6.07, 6.45) is 6.22. The third-order valence-corrected chi connectivity index (χ3v) is 2.46. The monoisotopic (exact) mass is 227 g/mol. The number of nitrogens with zero attached hydrogens (tertiary/aromatic N) is 3. The molecule has 0 atom stereocenters. The third kappa shape index (κ3) is 1.55. The van der Waals surface area contributed by atoms with Crippen LogP contribution in [0.15, 0.2) is 41.7 Å². The molecule has 6 nitrogen and oxygen atoms in total. The molecule has 0 saturated carbocycles. The van der Waals surface area contributed by atoms with Crippen LogP contribution >= 0.6 is 0 Å². The van der Waals surface area contributed by atoms with Crippen molar-refractivity contribution >= 4 is 11.3 Å². The molecule has 3 aromatic rings. The van der Waals surface area contributed by atoms with Gasteiger partial charge in [-0.3, -0.25) is 14.2 Å². The van der Waals surface area contributed by atoms with Gasteiger partial charge in [0, 0.05) is 11.9 Å². The van der Waals surface area contributed by atoms with Gasteiger partial charge in [0.1, 0.15) is 5.65 Å². The fourth-order valence-electron chi connectivity index (χ4n) is 1.70. The van der Waals surface area contributed by atoms with Crippen LogP contribution in [-0.2, 0) is 0 Å². The van der Waals surface area contributed by atoms with Crippen molar-refractivity contribution in [1.29, 1.82) is 0 Å². The Hall–Kier alpha value is -2.63. The molecule has 3 heterocycles. The lowest BCUT2D eigenvalue weighted by atomic mass is 10.3. The number of imidazole rings is 1. The summed E-state index contributed by atoms with van der Waals surface area (Å²) in [5.41, 5.74) is 8.22. The number of H-pyrrole nitrogens is 1. The molecule has 0 fully saturated rings. The Balaban J connectivity index is 2.30. The van der Waals surface area contributed by atoms with Crippen LogP contribution in [0, 0.1) is 0 Å². The van der Waals surface area contributed by atoms with Crippen LogP contribution in [0.1, 0.15) is 0 Å². The van der Waals surface area contributed by atoms with E-state index in [-0.39, 0.29) is 5.56 Å². The highest BCUT2D eigenvalue weighted by atomic mass is 16.1. The maximum absolute atomic E-state index is 11.2. The molecule has 0 aliphatic carbocycles. The second-order valence-corrected chi connectivity index (χ2v) is 3.64. The molecule has 84 valence electrons. The van der Waals surface area contributed by atoms with Gasteiger partial charge in [-0.1, -0.05) is 0 Å². The van der Waals surface area contributed by atoms with Crippen molar-refractivity contribution in [2.75, 3.05) is 5.73 Å². The number of pyridine rings is 1. The molecule has 0 unspecified atom stereocenters. The van der Waals surface area contributed by atoms with Crippen LogP contribution in [0.2, 0.25) is 0 Å². The third-order valence-electron chi connectivity index (χ3n) is 2.46. The van der Waals surface area contributed by atoms with Crippen LogP contribution in [0.25, 0.3) is 17.0 Å². The van der Waals surface area contributed by atoms with E-state index in [0.29, 0.717) is 11.4 Å². The zero-order chi connectivity index (χ0) is 11.8. The Morgan fingerprint density at radius 1 is 1.24 bits per heavy atom. The minimum absolute atomic E-state index is 0.249. The predicted octanol–water partition coefficient (Wildman–Crippen LogP) is 0.667. The van der Waals surface area contributed by atoms with E-state index in [9.17, 15) is 4.79 Å². The second kappa shape index (κ2) is 3.44. The molecular formula is C11H9N5O. The Morgan fingerprint density at radius 2 is 2.12 bits per heavy atom. The highest BCUT2D eigenvalue weighted by Gasteiger charge is 2.06. The number of aromatic amines is 1. The maximum atomic E-state index is 11.2. The highest BCUT2D eigenvalue weighted by molar-refractivity contribution is 5.61. The van der Waals surface area contributed by atoms with Gasteiger partial charge in [-0.15, -0.1) is 0 Å². The summed E-state index contributed by atoms with van der Waals surface area (Å²) in [6, 6.07) is 3.59. The molecule has 3 rings (SSSR count). The number of hydrogen-bond acceptors (Lipinski definition) is 4. The Kier molecular flexibility index (Phi) is 1.94. The molecule has 6 heteroatoms. The molecule has 0 amide bonds. The van der Waals surface area contributed by atoms with E-state index in [0.717, 1.165) is 11.3 Å². The summed E-state index contributed by atoms with van der Waals surface area (Å²) in [4.78, 5) is 22.0. The van der Waals surface area contributed by atoms with Crippen molar-refractivity contribution < 1.29 is 0 Å². The highest BCUT2D eigenvalue weighted by Crippen LogP contribution is 2.18. The number of fused-ring (bicyclic) bond motifs is 1. The van der Waals surface area contributed by atoms with Crippen molar-refractivity contribution in [2.24, 2.45) is 0 Å². The molecular weight excluding hydrogens is 218 g/mol. The fourth-order valence-corrected chi connectivity index (χ4v) is 1.70. The van der Waals surface area contributed by atoms with Crippen LogP contribution in [0.4, 0.5) is 5.69 Å². The maximum Gasteiger partial charge on any atom is 0.266 e. The number of nitrogens with two attached hydrogens (primary N) is 1. The number of rotatable bonds is 1. The topological polar surface area (TPSA) is 89.1 Å². The van der Waals surface area contributed by atoms with Gasteiger partial charge >= 0.3 is 0 Å². The van der Waals surface area contributed by atoms with Gasteiger partial charge in [0.05, 0.1) is 30.0 Å². The summed E-state index contributed by atoms with van der Waals surface area (Å²) in [7, 11) is 0. The van der Waals surface area contributed by atoms with Crippen LogP contribution in [0.3, 0.4) is 0 Å². The van der Waals surface area contributed by atoms with Crippen LogP contribution < -0.4 is 11.3 Å². The molecule has 3 aromatic heterocycles. The smallest absolute Gasteiger partial charge is 0.266 e. The fraction of sp³-hybridized carbons (Fsp3) is 0. The minimum atomic E-state index is -0.249. The molecule has 0 aliphatic rings. The first-order valence-corrected chi connectivity index (χ1v) is 5.01. The van der Waals surface area contributed by atoms with E-state index >= 15 is 0 Å². The largest absolute Gasteiger partial charge is 0.398 e. The van der Waals surface area contributed by atoms with Crippen molar-refractivity contribution in [2.45, 2.75) is 0 Å². The van der Waals surface area contributed by atoms with Crippen LogP contribution in [-0.4, -0.2) is 19.4 Å². The number of aromatic nitrogens is 4. The summed E-state index contributed by atoms with van der Waals surface area (Å²) >= 11 is 0. The van der Waals surface area contributed by atoms with Gasteiger partial charge in [-0.05, 0) is 12.1 Å². The van der Waals surface area contributed by atoms with Gasteiger partial charge in [0.15, 0.2) is 0 Å². The second-order valence-electron chi connectivity index (χ2n) is 3.64. The first-order valence-electron chi connectivity index (χ1n) is 5.01. The lowest BCUT2D eigenvalue weighted by Crippen LogP contribution is -2.06. The van der Waals surface area contributed by atoms with E-state index < -0.39 is 0 Å². The average Bonchev–Trinajstić information content (AvgIpc) is 2.71. The van der Waals surface area contributed by atoms with Crippen LogP contribution in [0.5, 0.6) is 0 Å². The van der Waals surface area contributed by atoms with E-state index in [1.54, 1.807) is 24.7 Å². The molecule has 0 aromatic carbocycles. The van der Waals surface area contributed by atoms with E-state index in [1.807, 2.05) is 10.5 Å². The minimum Gasteiger partial charge on any atom is -0.398 e. The van der Waals surface area contributed by atoms with Gasteiger partial charge in [0.25, 0.3) is 5.56 Å². The Morgan fingerprint density at radius 3 is 2.94 bits per heavy atom. The van der Waals surface area contributed by atoms with Crippen molar-refractivity contribution in [1.82, 2.24) is 19.4 Å². The molecule has 0 radical (unpaired) electrons. The molecule has 3 N–H and O–H groups in total. The van der Waals surface area contributed by atoms with Gasteiger partial charge in [-0.2, -0.15) is 0 Å². The summed E-state index contributed by atoms with van der Waals surface area (Å²) in [6.45, 7) is 0. The van der Waals surface area contributed by atoms with Gasteiger partial charge in [-0.25, -0.2) is 4.98 Å². The number of anilines is 1. The summed E-state index contributed by atoms with van der Waals surface area (Å²) in [5.74, 6) is 0. The van der Waals surface area contributed by atoms with Crippen molar-refractivity contribution in [3.63, 3.8) is 0 Å². The molecule has 0 bridgehead atoms. The quantitative estimate of drug-likeness (QED) is 0.639. The first-order chi connectivity index (χ1) is 8.24. The van der Waals surface area contributed by atoms with Gasteiger partial charge < -0.3 is 10.7 Å². The molecule has 0 saturated heterocycles. The summed E-state index contributed by atoms with van der Waals surface area (Å²) < 4.78 is 1.81. The van der Waals surface area contributed by atoms with Gasteiger partial charge in [0.2, 0.25) is 0 Å². The normalized spacial score (nSPS) is 10.8. The number of nitrogen functional groups attached to an aromatic ring is 1. The Bertz CT molecular complexity index is 743. The average molecular weight is 227 g/mol. The van der Waals surface area contributed by atoms with Crippen molar-refractivity contribution in [3.8, 4) is 11.4 Å². The molecule has 0 aliphatic heterocycles. The van der Waals surface area contributed by atoms with Crippen molar-refractivity contribution in [3.05, 3.63) is 47.3 Å². The lowest BCUT2D eigenvalue weighted by molar-refractivity contribution is 1.11. The predicted molar refractivity (Wildman–Crippen MR) is 63.5 cm³/mol. The van der Waals surface area contributed by atoms with E-state index in [2.05, 4.69) is 15.0 Å². The molecule has 0 spiro atoms. The first kappa shape index (κ1) is 9.59. The standard InChI is InChI=1S/C11H9N5O/c12-7-1-2-10-14-4-9(16(10)6-7)8-3-13-5-11(17)15-8/h1-6H,12H2,(H,15,17). The number of hydrogen-bond donors (Lipinski definition) is 2. The summed E-state index contributed by atoms with van der Waals surface area (Å²) in [5, 5.41) is 0. The Labute approximate surface area is 95.8 Å². The zero-order valence-corrected chi connectivity index (χ0v) is 8.79. The SMILES string of the molecule is Nc1ccc2ncc(-c3cncc(=O)[nH]3)n2c1. The number of nitrogens with one attached hydrogen (secondary N) is 1. The van der Waals surface area contributed by atoms with E-state index in [4.69, 9.17) is 5.73 Å². The lowest BCUT2D eigenvalue weighted by Gasteiger charge is -2.01. The zero-order valence-electron chi connectivity index (χ0n) is 8.79. The van der Waals surface area contributed by atoms with E-state index in [1.165, 1.54) is 6.20 Å². The molecule has 17 heavy (non-hydrogen) atoms.